The summed E-state index contributed by atoms with van der Waals surface area (Å²) in [6.07, 6.45) is 6.65. The zero-order valence-corrected chi connectivity index (χ0v) is 17.0. The lowest BCUT2D eigenvalue weighted by Gasteiger charge is -2.43. The Hall–Kier alpha value is -2.89. The second-order valence-corrected chi connectivity index (χ2v) is 8.15. The number of para-hydroxylation sites is 1. The fraction of sp³-hybridized carbons (Fsp3) is 0.435. The molecule has 1 aliphatic heterocycles. The fourth-order valence-corrected chi connectivity index (χ4v) is 4.46. The summed E-state index contributed by atoms with van der Waals surface area (Å²) in [6.45, 7) is 2.67. The number of hydrogen-bond donors (Lipinski definition) is 0. The van der Waals surface area contributed by atoms with Crippen LogP contribution in [-0.4, -0.2) is 51.8 Å². The molecule has 0 saturated heterocycles. The van der Waals surface area contributed by atoms with Gasteiger partial charge < -0.3 is 14.5 Å². The van der Waals surface area contributed by atoms with Crippen molar-refractivity contribution in [3.05, 3.63) is 59.9 Å². The van der Waals surface area contributed by atoms with Crippen LogP contribution in [0.3, 0.4) is 0 Å². The summed E-state index contributed by atoms with van der Waals surface area (Å²) in [5.41, 5.74) is 1.23. The number of fused-ring (bicyclic) bond motifs is 1. The first-order valence-electron chi connectivity index (χ1n) is 10.2. The van der Waals surface area contributed by atoms with Crippen molar-refractivity contribution in [2.24, 2.45) is 0 Å². The maximum Gasteiger partial charge on any atom is 0.254 e. The lowest BCUT2D eigenvalue weighted by Crippen LogP contribution is -2.52. The van der Waals surface area contributed by atoms with Gasteiger partial charge in [-0.05, 0) is 43.9 Å². The maximum absolute atomic E-state index is 13.2. The summed E-state index contributed by atoms with van der Waals surface area (Å²) < 4.78 is 6.58. The highest BCUT2D eigenvalue weighted by atomic mass is 16.5. The third-order valence-corrected chi connectivity index (χ3v) is 6.26. The van der Waals surface area contributed by atoms with Crippen LogP contribution in [-0.2, 0) is 11.3 Å². The molecule has 4 rings (SSSR count). The number of hydrogen-bond acceptors (Lipinski definition) is 4. The maximum atomic E-state index is 13.2. The third kappa shape index (κ3) is 3.97. The van der Waals surface area contributed by atoms with E-state index < -0.39 is 5.60 Å². The first-order chi connectivity index (χ1) is 14.0. The minimum Gasteiger partial charge on any atom is -0.485 e. The van der Waals surface area contributed by atoms with Crippen molar-refractivity contribution >= 4 is 11.8 Å². The molecule has 0 atom stereocenters. The van der Waals surface area contributed by atoms with Gasteiger partial charge in [0, 0.05) is 50.1 Å². The van der Waals surface area contributed by atoms with Gasteiger partial charge in [0.25, 0.3) is 5.91 Å². The Bertz CT molecular complexity index is 891. The lowest BCUT2D eigenvalue weighted by atomic mass is 9.81. The van der Waals surface area contributed by atoms with E-state index >= 15 is 0 Å². The number of carbonyl (C=O) groups is 2. The highest BCUT2D eigenvalue weighted by molar-refractivity contribution is 5.94. The number of carbonyl (C=O) groups excluding carboxylic acids is 2. The van der Waals surface area contributed by atoms with Crippen molar-refractivity contribution in [2.75, 3.05) is 13.6 Å². The van der Waals surface area contributed by atoms with Crippen LogP contribution in [0.4, 0.5) is 0 Å². The molecule has 1 fully saturated rings. The molecule has 1 spiro atoms. The first kappa shape index (κ1) is 19.4. The Balaban J connectivity index is 1.61. The second-order valence-electron chi connectivity index (χ2n) is 8.15. The van der Waals surface area contributed by atoms with Crippen molar-refractivity contribution in [3.8, 4) is 5.75 Å². The predicted octanol–water partition coefficient (Wildman–Crippen LogP) is 3.28. The van der Waals surface area contributed by atoms with E-state index in [0.717, 1.165) is 37.0 Å². The topological polar surface area (TPSA) is 62.7 Å². The average molecular weight is 393 g/mol. The number of nitrogens with zero attached hydrogens (tertiary/aromatic N) is 3. The molecule has 0 radical (unpaired) electrons. The molecule has 6 heteroatoms. The smallest absolute Gasteiger partial charge is 0.254 e. The van der Waals surface area contributed by atoms with Crippen molar-refractivity contribution in [1.29, 1.82) is 0 Å². The van der Waals surface area contributed by atoms with E-state index in [1.54, 1.807) is 31.5 Å². The standard InChI is InChI=1S/C23H27N3O3/c1-17(27)25(2)20-7-11-23(12-8-20)16-26(22(28)18-9-13-24-14-10-18)15-19-5-3-4-6-21(19)29-23/h3-6,9-10,13-14,20H,7-8,11-12,15-16H2,1-2H3. The summed E-state index contributed by atoms with van der Waals surface area (Å²) in [6, 6.07) is 11.7. The zero-order chi connectivity index (χ0) is 20.4. The molecule has 1 aromatic carbocycles. The summed E-state index contributed by atoms with van der Waals surface area (Å²) in [5.74, 6) is 0.943. The van der Waals surface area contributed by atoms with Crippen LogP contribution in [0.1, 0.15) is 48.5 Å². The molecular formula is C23H27N3O3. The molecule has 0 bridgehead atoms. The van der Waals surface area contributed by atoms with E-state index in [1.165, 1.54) is 0 Å². The van der Waals surface area contributed by atoms with Gasteiger partial charge in [0.15, 0.2) is 0 Å². The summed E-state index contributed by atoms with van der Waals surface area (Å²) in [7, 11) is 1.87. The molecule has 1 aromatic heterocycles. The quantitative estimate of drug-likeness (QED) is 0.786. The summed E-state index contributed by atoms with van der Waals surface area (Å²) in [4.78, 5) is 32.8. The Morgan fingerprint density at radius 3 is 2.52 bits per heavy atom. The molecular weight excluding hydrogens is 366 g/mol. The molecule has 0 unspecified atom stereocenters. The van der Waals surface area contributed by atoms with E-state index in [9.17, 15) is 9.59 Å². The zero-order valence-electron chi connectivity index (χ0n) is 17.0. The van der Waals surface area contributed by atoms with Crippen LogP contribution >= 0.6 is 0 Å². The van der Waals surface area contributed by atoms with Crippen LogP contribution in [0.5, 0.6) is 5.75 Å². The van der Waals surface area contributed by atoms with Crippen molar-refractivity contribution in [3.63, 3.8) is 0 Å². The van der Waals surface area contributed by atoms with Gasteiger partial charge in [-0.2, -0.15) is 0 Å². The second kappa shape index (κ2) is 7.85. The molecule has 2 aliphatic rings. The Labute approximate surface area is 171 Å². The van der Waals surface area contributed by atoms with E-state index in [0.29, 0.717) is 18.7 Å². The van der Waals surface area contributed by atoms with Crippen molar-refractivity contribution < 1.29 is 14.3 Å². The van der Waals surface area contributed by atoms with Gasteiger partial charge in [0.2, 0.25) is 5.91 Å². The van der Waals surface area contributed by atoms with Gasteiger partial charge in [0.1, 0.15) is 11.4 Å². The number of ether oxygens (including phenoxy) is 1. The van der Waals surface area contributed by atoms with Gasteiger partial charge in [-0.15, -0.1) is 0 Å². The monoisotopic (exact) mass is 393 g/mol. The number of rotatable bonds is 2. The average Bonchev–Trinajstić information content (AvgIpc) is 2.90. The molecule has 1 aliphatic carbocycles. The number of pyridine rings is 1. The Kier molecular flexibility index (Phi) is 5.26. The third-order valence-electron chi connectivity index (χ3n) is 6.26. The number of benzene rings is 1. The molecule has 152 valence electrons. The van der Waals surface area contributed by atoms with E-state index in [2.05, 4.69) is 4.98 Å². The minimum absolute atomic E-state index is 0.00458. The van der Waals surface area contributed by atoms with Gasteiger partial charge >= 0.3 is 0 Å². The van der Waals surface area contributed by atoms with E-state index in [-0.39, 0.29) is 17.9 Å². The molecule has 2 amide bonds. The fourth-order valence-electron chi connectivity index (χ4n) is 4.46. The number of aromatic nitrogens is 1. The number of amides is 2. The molecule has 2 heterocycles. The largest absolute Gasteiger partial charge is 0.485 e. The van der Waals surface area contributed by atoms with Crippen molar-refractivity contribution in [1.82, 2.24) is 14.8 Å². The van der Waals surface area contributed by atoms with Crippen LogP contribution in [0.15, 0.2) is 48.8 Å². The Morgan fingerprint density at radius 1 is 1.14 bits per heavy atom. The summed E-state index contributed by atoms with van der Waals surface area (Å²) >= 11 is 0. The SMILES string of the molecule is CC(=O)N(C)C1CCC2(CC1)CN(C(=O)c1ccncc1)Cc1ccccc1O2. The Morgan fingerprint density at radius 2 is 1.83 bits per heavy atom. The van der Waals surface area contributed by atoms with Gasteiger partial charge in [-0.3, -0.25) is 14.6 Å². The highest BCUT2D eigenvalue weighted by Gasteiger charge is 2.43. The summed E-state index contributed by atoms with van der Waals surface area (Å²) in [5, 5.41) is 0. The molecule has 1 saturated carbocycles. The lowest BCUT2D eigenvalue weighted by molar-refractivity contribution is -0.131. The van der Waals surface area contributed by atoms with Crippen LogP contribution < -0.4 is 4.74 Å². The van der Waals surface area contributed by atoms with Gasteiger partial charge in [-0.25, -0.2) is 0 Å². The van der Waals surface area contributed by atoms with Crippen LogP contribution in [0, 0.1) is 0 Å². The first-order valence-corrected chi connectivity index (χ1v) is 10.2. The van der Waals surface area contributed by atoms with Crippen LogP contribution in [0.2, 0.25) is 0 Å². The normalized spacial score (nSPS) is 23.7. The minimum atomic E-state index is -0.427. The van der Waals surface area contributed by atoms with Gasteiger partial charge in [0.05, 0.1) is 6.54 Å². The van der Waals surface area contributed by atoms with Crippen LogP contribution in [0.25, 0.3) is 0 Å². The van der Waals surface area contributed by atoms with Crippen molar-refractivity contribution in [2.45, 2.75) is 50.8 Å². The molecule has 2 aromatic rings. The molecule has 0 N–H and O–H groups in total. The van der Waals surface area contributed by atoms with E-state index in [4.69, 9.17) is 4.74 Å². The van der Waals surface area contributed by atoms with Gasteiger partial charge in [-0.1, -0.05) is 18.2 Å². The van der Waals surface area contributed by atoms with E-state index in [1.807, 2.05) is 41.1 Å². The molecule has 29 heavy (non-hydrogen) atoms. The predicted molar refractivity (Wildman–Crippen MR) is 109 cm³/mol. The molecule has 6 nitrogen and oxygen atoms in total. The highest BCUT2D eigenvalue weighted by Crippen LogP contribution is 2.39.